The summed E-state index contributed by atoms with van der Waals surface area (Å²) >= 11 is 10.8. The number of hydrogen-bond acceptors (Lipinski definition) is 5. The predicted octanol–water partition coefficient (Wildman–Crippen LogP) is 4.70. The van der Waals surface area contributed by atoms with Crippen LogP contribution in [0.25, 0.3) is 11.6 Å². The zero-order chi connectivity index (χ0) is 17.8. The van der Waals surface area contributed by atoms with Crippen LogP contribution in [0.2, 0.25) is 5.02 Å². The van der Waals surface area contributed by atoms with Crippen LogP contribution in [0, 0.1) is 0 Å². The van der Waals surface area contributed by atoms with Crippen LogP contribution in [0.3, 0.4) is 0 Å². The first kappa shape index (κ1) is 18.0. The molecule has 0 saturated carbocycles. The molecule has 0 aliphatic heterocycles. The Bertz CT molecular complexity index is 882. The van der Waals surface area contributed by atoms with E-state index in [2.05, 4.69) is 31.4 Å². The number of halogens is 2. The Labute approximate surface area is 162 Å². The van der Waals surface area contributed by atoms with E-state index < -0.39 is 0 Å². The molecule has 3 aromatic rings. The molecule has 9 heteroatoms. The van der Waals surface area contributed by atoms with Gasteiger partial charge in [-0.3, -0.25) is 9.36 Å². The molecule has 0 atom stereocenters. The van der Waals surface area contributed by atoms with E-state index in [1.807, 2.05) is 23.6 Å². The van der Waals surface area contributed by atoms with Crippen molar-refractivity contribution in [1.82, 2.24) is 14.8 Å². The average molecular weight is 442 g/mol. The molecule has 1 N–H and O–H groups in total. The van der Waals surface area contributed by atoms with Gasteiger partial charge < -0.3 is 9.73 Å². The fourth-order valence-electron chi connectivity index (χ4n) is 2.18. The molecule has 0 spiro atoms. The summed E-state index contributed by atoms with van der Waals surface area (Å²) < 4.78 is 8.13. The van der Waals surface area contributed by atoms with Gasteiger partial charge in [-0.25, -0.2) is 0 Å². The molecule has 6 nitrogen and oxygen atoms in total. The number of benzene rings is 1. The minimum absolute atomic E-state index is 0.167. The van der Waals surface area contributed by atoms with Crippen molar-refractivity contribution in [1.29, 1.82) is 0 Å². The first-order valence-corrected chi connectivity index (χ1v) is 9.59. The number of thioether (sulfide) groups is 1. The van der Waals surface area contributed by atoms with Crippen molar-refractivity contribution in [3.05, 3.63) is 46.1 Å². The van der Waals surface area contributed by atoms with Gasteiger partial charge in [0.1, 0.15) is 0 Å². The van der Waals surface area contributed by atoms with Gasteiger partial charge in [-0.1, -0.05) is 39.3 Å². The van der Waals surface area contributed by atoms with Gasteiger partial charge in [0.15, 0.2) is 16.7 Å². The number of carbonyl (C=O) groups excluding carboxylic acids is 1. The van der Waals surface area contributed by atoms with E-state index in [1.165, 1.54) is 11.8 Å². The first-order valence-electron chi connectivity index (χ1n) is 7.43. The molecule has 0 bridgehead atoms. The summed E-state index contributed by atoms with van der Waals surface area (Å²) in [5, 5.41) is 12.2. The summed E-state index contributed by atoms with van der Waals surface area (Å²) in [5.41, 5.74) is 0.573. The Balaban J connectivity index is 1.66. The summed E-state index contributed by atoms with van der Waals surface area (Å²) in [7, 11) is 0. The van der Waals surface area contributed by atoms with E-state index >= 15 is 0 Å². The molecule has 0 unspecified atom stereocenters. The van der Waals surface area contributed by atoms with Gasteiger partial charge in [0, 0.05) is 11.0 Å². The van der Waals surface area contributed by atoms with Gasteiger partial charge in [0.2, 0.25) is 5.91 Å². The van der Waals surface area contributed by atoms with Gasteiger partial charge in [0.25, 0.3) is 0 Å². The molecule has 25 heavy (non-hydrogen) atoms. The molecule has 1 amide bonds. The third-order valence-corrected chi connectivity index (χ3v) is 5.08. The molecule has 2 heterocycles. The monoisotopic (exact) mass is 440 g/mol. The lowest BCUT2D eigenvalue weighted by atomic mass is 10.3. The summed E-state index contributed by atoms with van der Waals surface area (Å²) in [5.74, 6) is 1.32. The van der Waals surface area contributed by atoms with Crippen molar-refractivity contribution < 1.29 is 9.21 Å². The molecule has 130 valence electrons. The highest BCUT2D eigenvalue weighted by molar-refractivity contribution is 9.10. The van der Waals surface area contributed by atoms with Crippen LogP contribution in [0.4, 0.5) is 5.69 Å². The smallest absolute Gasteiger partial charge is 0.234 e. The number of nitrogens with zero attached hydrogens (tertiary/aromatic N) is 3. The Kier molecular flexibility index (Phi) is 5.82. The lowest BCUT2D eigenvalue weighted by molar-refractivity contribution is -0.113. The largest absolute Gasteiger partial charge is 0.461 e. The second kappa shape index (κ2) is 8.07. The van der Waals surface area contributed by atoms with Crippen LogP contribution in [-0.2, 0) is 11.3 Å². The van der Waals surface area contributed by atoms with Gasteiger partial charge in [-0.15, -0.1) is 10.2 Å². The topological polar surface area (TPSA) is 73.0 Å². The van der Waals surface area contributed by atoms with Crippen LogP contribution in [0.5, 0.6) is 0 Å². The Morgan fingerprint density at radius 3 is 2.92 bits per heavy atom. The van der Waals surface area contributed by atoms with Gasteiger partial charge >= 0.3 is 0 Å². The lowest BCUT2D eigenvalue weighted by Crippen LogP contribution is -2.15. The molecular formula is C16H14BrClN4O2S. The number of amides is 1. The van der Waals surface area contributed by atoms with Crippen molar-refractivity contribution in [2.75, 3.05) is 11.1 Å². The van der Waals surface area contributed by atoms with Crippen molar-refractivity contribution in [2.24, 2.45) is 0 Å². The fraction of sp³-hybridized carbons (Fsp3) is 0.188. The summed E-state index contributed by atoms with van der Waals surface area (Å²) in [4.78, 5) is 12.2. The zero-order valence-corrected chi connectivity index (χ0v) is 16.4. The maximum Gasteiger partial charge on any atom is 0.234 e. The SMILES string of the molecule is CCn1c(SCC(=O)Nc2ccc(Br)cc2Cl)nnc1-c1ccco1. The van der Waals surface area contributed by atoms with Crippen molar-refractivity contribution >= 4 is 50.9 Å². The molecule has 3 rings (SSSR count). The standard InChI is InChI=1S/C16H14BrClN4O2S/c1-2-22-15(13-4-3-7-24-13)20-21-16(22)25-9-14(23)19-12-6-5-10(17)8-11(12)18/h3-8H,2,9H2,1H3,(H,19,23). The van der Waals surface area contributed by atoms with E-state index in [0.717, 1.165) is 4.47 Å². The molecule has 0 radical (unpaired) electrons. The molecule has 0 saturated heterocycles. The number of carbonyl (C=O) groups is 1. The van der Waals surface area contributed by atoms with Crippen LogP contribution < -0.4 is 5.32 Å². The Morgan fingerprint density at radius 1 is 1.40 bits per heavy atom. The number of aromatic nitrogens is 3. The fourth-order valence-corrected chi connectivity index (χ4v) is 3.70. The molecule has 0 aliphatic carbocycles. The quantitative estimate of drug-likeness (QED) is 0.561. The third-order valence-electron chi connectivity index (χ3n) is 3.31. The van der Waals surface area contributed by atoms with E-state index in [9.17, 15) is 4.79 Å². The van der Waals surface area contributed by atoms with Crippen molar-refractivity contribution in [2.45, 2.75) is 18.6 Å². The number of hydrogen-bond donors (Lipinski definition) is 1. The molecular weight excluding hydrogens is 428 g/mol. The Morgan fingerprint density at radius 2 is 2.24 bits per heavy atom. The molecule has 2 aromatic heterocycles. The minimum Gasteiger partial charge on any atom is -0.461 e. The van der Waals surface area contributed by atoms with Crippen molar-refractivity contribution in [3.8, 4) is 11.6 Å². The van der Waals surface area contributed by atoms with Crippen molar-refractivity contribution in [3.63, 3.8) is 0 Å². The highest BCUT2D eigenvalue weighted by atomic mass is 79.9. The second-order valence-electron chi connectivity index (χ2n) is 4.99. The molecule has 0 fully saturated rings. The van der Waals surface area contributed by atoms with Gasteiger partial charge in [-0.05, 0) is 37.3 Å². The first-order chi connectivity index (χ1) is 12.1. The highest BCUT2D eigenvalue weighted by Crippen LogP contribution is 2.27. The van der Waals surface area contributed by atoms with E-state index in [1.54, 1.807) is 24.5 Å². The van der Waals surface area contributed by atoms with E-state index in [4.69, 9.17) is 16.0 Å². The maximum atomic E-state index is 12.2. The minimum atomic E-state index is -0.167. The van der Waals surface area contributed by atoms with Crippen LogP contribution in [0.1, 0.15) is 6.92 Å². The molecule has 0 aliphatic rings. The maximum absolute atomic E-state index is 12.2. The van der Waals surface area contributed by atoms with Gasteiger partial charge in [0.05, 0.1) is 22.7 Å². The summed E-state index contributed by atoms with van der Waals surface area (Å²) in [6.45, 7) is 2.66. The number of rotatable bonds is 6. The Hall–Kier alpha value is -1.77. The highest BCUT2D eigenvalue weighted by Gasteiger charge is 2.16. The van der Waals surface area contributed by atoms with Crippen LogP contribution in [-0.4, -0.2) is 26.4 Å². The second-order valence-corrected chi connectivity index (χ2v) is 7.25. The average Bonchev–Trinajstić information content (AvgIpc) is 3.24. The third kappa shape index (κ3) is 4.26. The van der Waals surface area contributed by atoms with Crippen LogP contribution >= 0.6 is 39.3 Å². The van der Waals surface area contributed by atoms with E-state index in [-0.39, 0.29) is 11.7 Å². The summed E-state index contributed by atoms with van der Waals surface area (Å²) in [6, 6.07) is 8.92. The van der Waals surface area contributed by atoms with Gasteiger partial charge in [-0.2, -0.15) is 0 Å². The van der Waals surface area contributed by atoms with Crippen LogP contribution in [0.15, 0.2) is 50.6 Å². The summed E-state index contributed by atoms with van der Waals surface area (Å²) in [6.07, 6.45) is 1.59. The number of nitrogens with one attached hydrogen (secondary N) is 1. The normalized spacial score (nSPS) is 10.8. The zero-order valence-electron chi connectivity index (χ0n) is 13.2. The number of furan rings is 1. The predicted molar refractivity (Wildman–Crippen MR) is 102 cm³/mol. The van der Waals surface area contributed by atoms with E-state index in [0.29, 0.717) is 34.0 Å². The number of anilines is 1. The lowest BCUT2D eigenvalue weighted by Gasteiger charge is -2.08. The molecule has 1 aromatic carbocycles.